The standard InChI is InChI=1S/C30H31NO5/c1-34-27-11-8-22(18-28(27)35-2)29(20-6-4-3-5-7-20)21-12-14-31(15-13-21)30(33)23-9-10-26-24(16-23)17-25(32)19-36-26/h3-11,16,18,21,29H,12-15,17,19H2,1-2H3/t29-/m1/s1. The number of ketones is 1. The largest absolute Gasteiger partial charge is 0.493 e. The number of carbonyl (C=O) groups excluding carboxylic acids is 2. The summed E-state index contributed by atoms with van der Waals surface area (Å²) in [4.78, 5) is 27.0. The smallest absolute Gasteiger partial charge is 0.253 e. The highest BCUT2D eigenvalue weighted by molar-refractivity contribution is 5.95. The fourth-order valence-electron chi connectivity index (χ4n) is 5.48. The fourth-order valence-corrected chi connectivity index (χ4v) is 5.48. The monoisotopic (exact) mass is 485 g/mol. The van der Waals surface area contributed by atoms with Gasteiger partial charge >= 0.3 is 0 Å². The molecule has 3 aromatic carbocycles. The molecule has 1 saturated heterocycles. The lowest BCUT2D eigenvalue weighted by molar-refractivity contribution is -0.121. The van der Waals surface area contributed by atoms with Crippen LogP contribution in [0.1, 0.15) is 45.8 Å². The number of methoxy groups -OCH3 is 2. The second kappa shape index (κ2) is 10.4. The Hall–Kier alpha value is -3.80. The van der Waals surface area contributed by atoms with Gasteiger partial charge in [-0.15, -0.1) is 0 Å². The van der Waals surface area contributed by atoms with Crippen molar-refractivity contribution in [1.82, 2.24) is 4.90 Å². The molecule has 1 fully saturated rings. The van der Waals surface area contributed by atoms with Crippen molar-refractivity contribution < 1.29 is 23.8 Å². The minimum Gasteiger partial charge on any atom is -0.493 e. The van der Waals surface area contributed by atoms with Gasteiger partial charge in [0.25, 0.3) is 5.91 Å². The van der Waals surface area contributed by atoms with E-state index in [0.717, 1.165) is 24.2 Å². The van der Waals surface area contributed by atoms with Gasteiger partial charge in [0.05, 0.1) is 14.2 Å². The molecule has 6 heteroatoms. The van der Waals surface area contributed by atoms with Gasteiger partial charge in [-0.1, -0.05) is 36.4 Å². The van der Waals surface area contributed by atoms with Gasteiger partial charge in [0.15, 0.2) is 17.3 Å². The Morgan fingerprint density at radius 1 is 0.917 bits per heavy atom. The highest BCUT2D eigenvalue weighted by Gasteiger charge is 2.31. The lowest BCUT2D eigenvalue weighted by atomic mass is 9.76. The number of hydrogen-bond acceptors (Lipinski definition) is 5. The molecule has 186 valence electrons. The van der Waals surface area contributed by atoms with Crippen LogP contribution in [-0.4, -0.2) is 50.5 Å². The summed E-state index contributed by atoms with van der Waals surface area (Å²) in [5.41, 5.74) is 3.85. The summed E-state index contributed by atoms with van der Waals surface area (Å²) in [7, 11) is 3.30. The first-order chi connectivity index (χ1) is 17.6. The maximum absolute atomic E-state index is 13.3. The van der Waals surface area contributed by atoms with Crippen molar-refractivity contribution in [1.29, 1.82) is 0 Å². The molecule has 5 rings (SSSR count). The van der Waals surface area contributed by atoms with Crippen LogP contribution in [0.15, 0.2) is 66.7 Å². The maximum atomic E-state index is 13.3. The molecule has 2 heterocycles. The average molecular weight is 486 g/mol. The highest BCUT2D eigenvalue weighted by Crippen LogP contribution is 2.41. The minimum absolute atomic E-state index is 0.0108. The summed E-state index contributed by atoms with van der Waals surface area (Å²) in [5.74, 6) is 2.75. The minimum atomic E-state index is 0.0108. The summed E-state index contributed by atoms with van der Waals surface area (Å²) in [6.45, 7) is 1.48. The third kappa shape index (κ3) is 4.81. The summed E-state index contributed by atoms with van der Waals surface area (Å²) in [5, 5.41) is 0. The Kier molecular flexibility index (Phi) is 6.94. The molecule has 1 atom stereocenters. The number of hydrogen-bond donors (Lipinski definition) is 0. The van der Waals surface area contributed by atoms with E-state index in [0.29, 0.717) is 42.5 Å². The van der Waals surface area contributed by atoms with Crippen molar-refractivity contribution in [2.75, 3.05) is 33.9 Å². The van der Waals surface area contributed by atoms with Crippen LogP contribution in [0, 0.1) is 5.92 Å². The molecule has 2 aliphatic rings. The molecular formula is C30H31NO5. The number of fused-ring (bicyclic) bond motifs is 1. The maximum Gasteiger partial charge on any atom is 0.253 e. The van der Waals surface area contributed by atoms with E-state index in [1.165, 1.54) is 11.1 Å². The van der Waals surface area contributed by atoms with E-state index in [4.69, 9.17) is 14.2 Å². The second-order valence-electron chi connectivity index (χ2n) is 9.46. The van der Waals surface area contributed by atoms with E-state index in [-0.39, 0.29) is 24.2 Å². The molecule has 0 spiro atoms. The van der Waals surface area contributed by atoms with Gasteiger partial charge in [-0.05, 0) is 60.2 Å². The highest BCUT2D eigenvalue weighted by atomic mass is 16.5. The fraction of sp³-hybridized carbons (Fsp3) is 0.333. The molecule has 6 nitrogen and oxygen atoms in total. The van der Waals surface area contributed by atoms with Crippen molar-refractivity contribution in [3.63, 3.8) is 0 Å². The summed E-state index contributed by atoms with van der Waals surface area (Å²) in [6.07, 6.45) is 2.11. The molecule has 36 heavy (non-hydrogen) atoms. The molecule has 0 unspecified atom stereocenters. The molecule has 0 radical (unpaired) electrons. The number of amides is 1. The van der Waals surface area contributed by atoms with Gasteiger partial charge in [0.2, 0.25) is 0 Å². The first-order valence-corrected chi connectivity index (χ1v) is 12.4. The Labute approximate surface area is 211 Å². The third-order valence-electron chi connectivity index (χ3n) is 7.31. The van der Waals surface area contributed by atoms with Gasteiger partial charge in [-0.3, -0.25) is 9.59 Å². The van der Waals surface area contributed by atoms with E-state index in [1.54, 1.807) is 20.3 Å². The van der Waals surface area contributed by atoms with Gasteiger partial charge in [0.1, 0.15) is 12.4 Å². The summed E-state index contributed by atoms with van der Waals surface area (Å²) >= 11 is 0. The number of rotatable bonds is 6. The predicted octanol–water partition coefficient (Wildman–Crippen LogP) is 4.89. The number of piperidine rings is 1. The molecule has 0 saturated carbocycles. The van der Waals surface area contributed by atoms with E-state index in [2.05, 4.69) is 36.4 Å². The van der Waals surface area contributed by atoms with Crippen LogP contribution >= 0.6 is 0 Å². The lowest BCUT2D eigenvalue weighted by Crippen LogP contribution is -2.40. The number of Topliss-reactive ketones (excluding diaryl/α,β-unsaturated/α-hetero) is 1. The zero-order chi connectivity index (χ0) is 25.1. The summed E-state index contributed by atoms with van der Waals surface area (Å²) < 4.78 is 16.5. The Morgan fingerprint density at radius 2 is 1.67 bits per heavy atom. The molecule has 0 aliphatic carbocycles. The number of nitrogens with zero attached hydrogens (tertiary/aromatic N) is 1. The van der Waals surface area contributed by atoms with Crippen molar-refractivity contribution in [3.8, 4) is 17.2 Å². The van der Waals surface area contributed by atoms with Gasteiger partial charge in [0, 0.05) is 36.6 Å². The second-order valence-corrected chi connectivity index (χ2v) is 9.46. The van der Waals surface area contributed by atoms with E-state index in [9.17, 15) is 9.59 Å². The molecule has 0 bridgehead atoms. The molecule has 0 aromatic heterocycles. The van der Waals surface area contributed by atoms with Gasteiger partial charge in [-0.25, -0.2) is 0 Å². The van der Waals surface area contributed by atoms with Crippen LogP contribution in [0.5, 0.6) is 17.2 Å². The molecule has 1 amide bonds. The van der Waals surface area contributed by atoms with Gasteiger partial charge in [-0.2, -0.15) is 0 Å². The predicted molar refractivity (Wildman–Crippen MR) is 137 cm³/mol. The zero-order valence-corrected chi connectivity index (χ0v) is 20.7. The normalized spacial score (nSPS) is 16.6. The van der Waals surface area contributed by atoms with E-state index >= 15 is 0 Å². The van der Waals surface area contributed by atoms with Crippen LogP contribution in [-0.2, 0) is 11.2 Å². The number of carbonyl (C=O) groups is 2. The SMILES string of the molecule is COc1ccc([C@H](c2ccccc2)C2CCN(C(=O)c3ccc4c(c3)CC(=O)CO4)CC2)cc1OC. The molecule has 3 aromatic rings. The van der Waals surface area contributed by atoms with E-state index < -0.39 is 0 Å². The number of ether oxygens (including phenoxy) is 3. The van der Waals surface area contributed by atoms with Crippen molar-refractivity contribution >= 4 is 11.7 Å². The van der Waals surface area contributed by atoms with Crippen molar-refractivity contribution in [2.45, 2.75) is 25.2 Å². The molecule has 0 N–H and O–H groups in total. The topological polar surface area (TPSA) is 65.1 Å². The van der Waals surface area contributed by atoms with Crippen LogP contribution in [0.3, 0.4) is 0 Å². The first kappa shape index (κ1) is 23.9. The Balaban J connectivity index is 1.35. The Morgan fingerprint density at radius 3 is 2.39 bits per heavy atom. The van der Waals surface area contributed by atoms with Crippen molar-refractivity contribution in [2.24, 2.45) is 5.92 Å². The van der Waals surface area contributed by atoms with Crippen LogP contribution in [0.4, 0.5) is 0 Å². The van der Waals surface area contributed by atoms with Crippen LogP contribution in [0.2, 0.25) is 0 Å². The first-order valence-electron chi connectivity index (χ1n) is 12.4. The van der Waals surface area contributed by atoms with Crippen molar-refractivity contribution in [3.05, 3.63) is 89.0 Å². The van der Waals surface area contributed by atoms with E-state index in [1.807, 2.05) is 29.2 Å². The van der Waals surface area contributed by atoms with Gasteiger partial charge < -0.3 is 19.1 Å². The zero-order valence-electron chi connectivity index (χ0n) is 20.7. The summed E-state index contributed by atoms with van der Waals surface area (Å²) in [6, 6.07) is 22.1. The third-order valence-corrected chi connectivity index (χ3v) is 7.31. The van der Waals surface area contributed by atoms with Crippen LogP contribution in [0.25, 0.3) is 0 Å². The quantitative estimate of drug-likeness (QED) is 0.497. The molecular weight excluding hydrogens is 454 g/mol. The number of likely N-dealkylation sites (tertiary alicyclic amines) is 1. The molecule has 2 aliphatic heterocycles. The lowest BCUT2D eigenvalue weighted by Gasteiger charge is -2.37. The average Bonchev–Trinajstić information content (AvgIpc) is 2.93. The number of benzene rings is 3. The Bertz CT molecular complexity index is 1250. The van der Waals surface area contributed by atoms with Crippen LogP contribution < -0.4 is 14.2 Å².